The van der Waals surface area contributed by atoms with Crippen LogP contribution in [0.4, 0.5) is 0 Å². The maximum absolute atomic E-state index is 12.9. The third-order valence-corrected chi connectivity index (χ3v) is 5.58. The summed E-state index contributed by atoms with van der Waals surface area (Å²) in [6.07, 6.45) is 2.66. The number of benzene rings is 2. The Bertz CT molecular complexity index is 771. The second-order valence-corrected chi connectivity index (χ2v) is 7.26. The molecule has 4 heteroatoms. The van der Waals surface area contributed by atoms with Gasteiger partial charge in [0.15, 0.2) is 0 Å². The van der Waals surface area contributed by atoms with Gasteiger partial charge in [0.2, 0.25) is 5.91 Å². The molecule has 0 bridgehead atoms. The van der Waals surface area contributed by atoms with E-state index in [2.05, 4.69) is 24.4 Å². The first-order valence-corrected chi connectivity index (χ1v) is 9.76. The van der Waals surface area contributed by atoms with Gasteiger partial charge in [0.25, 0.3) is 5.91 Å². The van der Waals surface area contributed by atoms with Crippen LogP contribution in [0.2, 0.25) is 0 Å². The summed E-state index contributed by atoms with van der Waals surface area (Å²) in [4.78, 5) is 27.3. The van der Waals surface area contributed by atoms with Gasteiger partial charge in [0, 0.05) is 25.7 Å². The maximum Gasteiger partial charge on any atom is 0.253 e. The number of piperidine rings is 1. The lowest BCUT2D eigenvalue weighted by Gasteiger charge is -2.38. The molecule has 1 aliphatic rings. The largest absolute Gasteiger partial charge is 0.359 e. The van der Waals surface area contributed by atoms with E-state index >= 15 is 0 Å². The first kappa shape index (κ1) is 19.2. The average molecular weight is 364 g/mol. The number of hydrogen-bond donors (Lipinski definition) is 1. The molecule has 0 aromatic heterocycles. The first-order chi connectivity index (χ1) is 13.1. The second kappa shape index (κ2) is 8.85. The van der Waals surface area contributed by atoms with Gasteiger partial charge in [-0.2, -0.15) is 0 Å². The van der Waals surface area contributed by atoms with E-state index in [9.17, 15) is 9.59 Å². The van der Waals surface area contributed by atoms with E-state index in [-0.39, 0.29) is 23.7 Å². The summed E-state index contributed by atoms with van der Waals surface area (Å²) >= 11 is 0. The number of aryl methyl sites for hydroxylation is 1. The summed E-state index contributed by atoms with van der Waals surface area (Å²) in [6, 6.07) is 18.1. The number of hydrogen-bond acceptors (Lipinski definition) is 2. The Labute approximate surface area is 161 Å². The smallest absolute Gasteiger partial charge is 0.253 e. The van der Waals surface area contributed by atoms with Crippen LogP contribution >= 0.6 is 0 Å². The molecule has 4 nitrogen and oxygen atoms in total. The van der Waals surface area contributed by atoms with Crippen LogP contribution in [-0.2, 0) is 17.6 Å². The van der Waals surface area contributed by atoms with Crippen molar-refractivity contribution in [2.24, 2.45) is 11.8 Å². The number of likely N-dealkylation sites (tertiary alicyclic amines) is 1. The predicted octanol–water partition coefficient (Wildman–Crippen LogP) is 3.32. The minimum absolute atomic E-state index is 0.0183. The van der Waals surface area contributed by atoms with Crippen molar-refractivity contribution in [3.63, 3.8) is 0 Å². The fraction of sp³-hybridized carbons (Fsp3) is 0.391. The summed E-state index contributed by atoms with van der Waals surface area (Å²) in [7, 11) is 1.67. The van der Waals surface area contributed by atoms with Crippen molar-refractivity contribution in [1.29, 1.82) is 0 Å². The third-order valence-electron chi connectivity index (χ3n) is 5.58. The topological polar surface area (TPSA) is 49.4 Å². The molecule has 1 fully saturated rings. The van der Waals surface area contributed by atoms with Gasteiger partial charge in [-0.3, -0.25) is 9.59 Å². The molecule has 2 aromatic rings. The third kappa shape index (κ3) is 4.57. The highest BCUT2D eigenvalue weighted by molar-refractivity contribution is 5.94. The predicted molar refractivity (Wildman–Crippen MR) is 108 cm³/mol. The standard InChI is InChI=1S/C23H28N2O2/c1-3-17-9-11-19(12-10-17)23(27)25-14-13-20(21(16-25)22(26)24-2)15-18-7-5-4-6-8-18/h4-12,20-21H,3,13-16H2,1-2H3,(H,24,26). The minimum atomic E-state index is -0.178. The Morgan fingerprint density at radius 2 is 1.74 bits per heavy atom. The summed E-state index contributed by atoms with van der Waals surface area (Å²) in [5.74, 6) is 0.112. The Hall–Kier alpha value is -2.62. The van der Waals surface area contributed by atoms with Gasteiger partial charge < -0.3 is 10.2 Å². The molecule has 0 spiro atoms. The SMILES string of the molecule is CCc1ccc(C(=O)N2CCC(Cc3ccccc3)C(C(=O)NC)C2)cc1. The van der Waals surface area contributed by atoms with Crippen LogP contribution in [0.3, 0.4) is 0 Å². The molecule has 2 atom stereocenters. The highest BCUT2D eigenvalue weighted by Gasteiger charge is 2.35. The van der Waals surface area contributed by atoms with Gasteiger partial charge in [-0.25, -0.2) is 0 Å². The minimum Gasteiger partial charge on any atom is -0.359 e. The Morgan fingerprint density at radius 1 is 1.04 bits per heavy atom. The van der Waals surface area contributed by atoms with E-state index in [1.165, 1.54) is 11.1 Å². The van der Waals surface area contributed by atoms with Crippen molar-refractivity contribution in [2.75, 3.05) is 20.1 Å². The lowest BCUT2D eigenvalue weighted by atomic mass is 9.80. The molecule has 27 heavy (non-hydrogen) atoms. The molecule has 3 rings (SSSR count). The quantitative estimate of drug-likeness (QED) is 0.885. The van der Waals surface area contributed by atoms with Crippen LogP contribution < -0.4 is 5.32 Å². The summed E-state index contributed by atoms with van der Waals surface area (Å²) in [5, 5.41) is 2.79. The molecule has 1 heterocycles. The van der Waals surface area contributed by atoms with E-state index in [1.54, 1.807) is 7.05 Å². The molecule has 2 aromatic carbocycles. The number of amides is 2. The van der Waals surface area contributed by atoms with Crippen LogP contribution in [0.1, 0.15) is 34.8 Å². The molecule has 0 radical (unpaired) electrons. The van der Waals surface area contributed by atoms with Crippen molar-refractivity contribution >= 4 is 11.8 Å². The Morgan fingerprint density at radius 3 is 2.37 bits per heavy atom. The van der Waals surface area contributed by atoms with Gasteiger partial charge in [-0.1, -0.05) is 49.4 Å². The van der Waals surface area contributed by atoms with E-state index in [0.717, 1.165) is 19.3 Å². The van der Waals surface area contributed by atoms with E-state index in [1.807, 2.05) is 47.4 Å². The first-order valence-electron chi connectivity index (χ1n) is 9.76. The number of rotatable bonds is 5. The van der Waals surface area contributed by atoms with Gasteiger partial charge in [-0.05, 0) is 48.4 Å². The van der Waals surface area contributed by atoms with Crippen LogP contribution in [-0.4, -0.2) is 36.9 Å². The number of carbonyl (C=O) groups excluding carboxylic acids is 2. The molecule has 2 amide bonds. The van der Waals surface area contributed by atoms with E-state index in [4.69, 9.17) is 0 Å². The lowest BCUT2D eigenvalue weighted by molar-refractivity contribution is -0.127. The number of nitrogens with zero attached hydrogens (tertiary/aromatic N) is 1. The van der Waals surface area contributed by atoms with Gasteiger partial charge in [-0.15, -0.1) is 0 Å². The Kier molecular flexibility index (Phi) is 6.28. The fourth-order valence-corrected chi connectivity index (χ4v) is 3.89. The summed E-state index contributed by atoms with van der Waals surface area (Å²) < 4.78 is 0. The van der Waals surface area contributed by atoms with Crippen molar-refractivity contribution < 1.29 is 9.59 Å². The zero-order valence-corrected chi connectivity index (χ0v) is 16.2. The van der Waals surface area contributed by atoms with Crippen LogP contribution in [0.25, 0.3) is 0 Å². The average Bonchev–Trinajstić information content (AvgIpc) is 2.73. The monoisotopic (exact) mass is 364 g/mol. The normalized spacial score (nSPS) is 19.6. The Balaban J connectivity index is 1.73. The fourth-order valence-electron chi connectivity index (χ4n) is 3.89. The van der Waals surface area contributed by atoms with Crippen LogP contribution in [0.5, 0.6) is 0 Å². The maximum atomic E-state index is 12.9. The molecule has 2 unspecified atom stereocenters. The van der Waals surface area contributed by atoms with Crippen LogP contribution in [0, 0.1) is 11.8 Å². The van der Waals surface area contributed by atoms with Crippen molar-refractivity contribution in [3.8, 4) is 0 Å². The zero-order chi connectivity index (χ0) is 19.2. The second-order valence-electron chi connectivity index (χ2n) is 7.26. The van der Waals surface area contributed by atoms with E-state index < -0.39 is 0 Å². The lowest BCUT2D eigenvalue weighted by Crippen LogP contribution is -2.49. The highest BCUT2D eigenvalue weighted by Crippen LogP contribution is 2.28. The molecular formula is C23H28N2O2. The van der Waals surface area contributed by atoms with E-state index in [0.29, 0.717) is 18.7 Å². The van der Waals surface area contributed by atoms with Crippen molar-refractivity contribution in [3.05, 3.63) is 71.3 Å². The molecule has 1 N–H and O–H groups in total. The molecule has 1 saturated heterocycles. The van der Waals surface area contributed by atoms with Gasteiger partial charge in [0.05, 0.1) is 5.92 Å². The zero-order valence-electron chi connectivity index (χ0n) is 16.2. The molecule has 0 aliphatic carbocycles. The number of nitrogens with one attached hydrogen (secondary N) is 1. The van der Waals surface area contributed by atoms with Crippen LogP contribution in [0.15, 0.2) is 54.6 Å². The van der Waals surface area contributed by atoms with Crippen molar-refractivity contribution in [2.45, 2.75) is 26.2 Å². The van der Waals surface area contributed by atoms with Crippen molar-refractivity contribution in [1.82, 2.24) is 10.2 Å². The summed E-state index contributed by atoms with van der Waals surface area (Å²) in [5.41, 5.74) is 3.16. The summed E-state index contributed by atoms with van der Waals surface area (Å²) in [6.45, 7) is 3.27. The highest BCUT2D eigenvalue weighted by atomic mass is 16.2. The number of carbonyl (C=O) groups is 2. The molecule has 1 aliphatic heterocycles. The molecular weight excluding hydrogens is 336 g/mol. The molecule has 142 valence electrons. The van der Waals surface area contributed by atoms with Gasteiger partial charge in [0.1, 0.15) is 0 Å². The van der Waals surface area contributed by atoms with Gasteiger partial charge >= 0.3 is 0 Å². The molecule has 0 saturated carbocycles.